The molecule has 18 heavy (non-hydrogen) atoms. The molecule has 1 aromatic rings. The number of hydrogen-bond acceptors (Lipinski definition) is 2. The smallest absolute Gasteiger partial charge is 0.133 e. The van der Waals surface area contributed by atoms with Gasteiger partial charge in [0.1, 0.15) is 5.78 Å². The lowest BCUT2D eigenvalue weighted by molar-refractivity contribution is -0.121. The first-order chi connectivity index (χ1) is 8.79. The Morgan fingerprint density at radius 3 is 2.78 bits per heavy atom. The molecule has 2 heteroatoms. The SMILES string of the molecule is CCCC(Sc1ccccc1)C1CCCC(=O)C1. The number of carbonyl (C=O) groups excluding carboxylic acids is 1. The highest BCUT2D eigenvalue weighted by atomic mass is 32.2. The van der Waals surface area contributed by atoms with Crippen molar-refractivity contribution < 1.29 is 4.79 Å². The standard InChI is InChI=1S/C16H22OS/c1-2-7-16(13-8-6-9-14(17)12-13)18-15-10-4-3-5-11-15/h3-5,10-11,13,16H,2,6-9,12H2,1H3. The van der Waals surface area contributed by atoms with Crippen LogP contribution in [-0.2, 0) is 4.79 Å². The van der Waals surface area contributed by atoms with Crippen LogP contribution in [0.4, 0.5) is 0 Å². The Kier molecular flexibility index (Phi) is 5.30. The van der Waals surface area contributed by atoms with Gasteiger partial charge in [-0.05, 0) is 37.3 Å². The summed E-state index contributed by atoms with van der Waals surface area (Å²) >= 11 is 1.97. The van der Waals surface area contributed by atoms with Crippen LogP contribution in [0, 0.1) is 5.92 Å². The molecular formula is C16H22OS. The first-order valence-electron chi connectivity index (χ1n) is 7.03. The van der Waals surface area contributed by atoms with E-state index in [1.54, 1.807) is 0 Å². The molecule has 0 saturated heterocycles. The highest BCUT2D eigenvalue weighted by Crippen LogP contribution is 2.37. The number of Topliss-reactive ketones (excluding diaryl/α,β-unsaturated/α-hetero) is 1. The van der Waals surface area contributed by atoms with E-state index < -0.39 is 0 Å². The third-order valence-corrected chi connectivity index (χ3v) is 5.12. The van der Waals surface area contributed by atoms with E-state index in [2.05, 4.69) is 37.3 Å². The number of hydrogen-bond donors (Lipinski definition) is 0. The lowest BCUT2D eigenvalue weighted by Gasteiger charge is -2.29. The van der Waals surface area contributed by atoms with Crippen molar-refractivity contribution in [1.29, 1.82) is 0 Å². The van der Waals surface area contributed by atoms with Crippen molar-refractivity contribution in [2.24, 2.45) is 5.92 Å². The molecule has 0 aromatic heterocycles. The Hall–Kier alpha value is -0.760. The topological polar surface area (TPSA) is 17.1 Å². The van der Waals surface area contributed by atoms with E-state index >= 15 is 0 Å². The number of carbonyl (C=O) groups is 1. The molecule has 0 heterocycles. The molecule has 0 amide bonds. The first-order valence-corrected chi connectivity index (χ1v) is 7.91. The molecule has 1 saturated carbocycles. The molecule has 1 aromatic carbocycles. The quantitative estimate of drug-likeness (QED) is 0.715. The summed E-state index contributed by atoms with van der Waals surface area (Å²) in [6.07, 6.45) is 6.37. The van der Waals surface area contributed by atoms with Crippen molar-refractivity contribution in [2.75, 3.05) is 0 Å². The van der Waals surface area contributed by atoms with Crippen LogP contribution in [0.5, 0.6) is 0 Å². The predicted octanol–water partition coefficient (Wildman–Crippen LogP) is 4.71. The second-order valence-corrected chi connectivity index (χ2v) is 6.47. The van der Waals surface area contributed by atoms with Crippen molar-refractivity contribution in [3.63, 3.8) is 0 Å². The molecule has 0 bridgehead atoms. The maximum Gasteiger partial charge on any atom is 0.133 e. The number of ketones is 1. The Bertz CT molecular complexity index is 374. The summed E-state index contributed by atoms with van der Waals surface area (Å²) in [6, 6.07) is 10.6. The van der Waals surface area contributed by atoms with Crippen LogP contribution in [0.15, 0.2) is 35.2 Å². The average Bonchev–Trinajstić information content (AvgIpc) is 2.39. The minimum Gasteiger partial charge on any atom is -0.300 e. The van der Waals surface area contributed by atoms with E-state index in [0.29, 0.717) is 17.0 Å². The van der Waals surface area contributed by atoms with Crippen LogP contribution in [0.1, 0.15) is 45.4 Å². The van der Waals surface area contributed by atoms with Crippen molar-refractivity contribution in [1.82, 2.24) is 0 Å². The molecule has 2 rings (SSSR count). The fourth-order valence-corrected chi connectivity index (χ4v) is 4.17. The fraction of sp³-hybridized carbons (Fsp3) is 0.562. The van der Waals surface area contributed by atoms with E-state index in [0.717, 1.165) is 19.3 Å². The second-order valence-electron chi connectivity index (χ2n) is 5.15. The van der Waals surface area contributed by atoms with E-state index in [1.165, 1.54) is 24.2 Å². The summed E-state index contributed by atoms with van der Waals surface area (Å²) in [6.45, 7) is 2.24. The average molecular weight is 262 g/mol. The van der Waals surface area contributed by atoms with Gasteiger partial charge < -0.3 is 0 Å². The lowest BCUT2D eigenvalue weighted by Crippen LogP contribution is -2.24. The highest BCUT2D eigenvalue weighted by Gasteiger charge is 2.27. The van der Waals surface area contributed by atoms with Gasteiger partial charge in [0.15, 0.2) is 0 Å². The Morgan fingerprint density at radius 1 is 1.33 bits per heavy atom. The zero-order valence-corrected chi connectivity index (χ0v) is 11.9. The van der Waals surface area contributed by atoms with Gasteiger partial charge in [-0.15, -0.1) is 11.8 Å². The van der Waals surface area contributed by atoms with Gasteiger partial charge >= 0.3 is 0 Å². The maximum absolute atomic E-state index is 11.6. The molecule has 0 radical (unpaired) electrons. The monoisotopic (exact) mass is 262 g/mol. The molecule has 1 nitrogen and oxygen atoms in total. The summed E-state index contributed by atoms with van der Waals surface area (Å²) in [4.78, 5) is 13.0. The minimum atomic E-state index is 0.473. The molecule has 98 valence electrons. The largest absolute Gasteiger partial charge is 0.300 e. The van der Waals surface area contributed by atoms with Gasteiger partial charge in [-0.25, -0.2) is 0 Å². The molecule has 0 N–H and O–H groups in total. The Balaban J connectivity index is 2.01. The fourth-order valence-electron chi connectivity index (χ4n) is 2.72. The van der Waals surface area contributed by atoms with Gasteiger partial charge in [0, 0.05) is 23.0 Å². The minimum absolute atomic E-state index is 0.473. The molecule has 0 spiro atoms. The van der Waals surface area contributed by atoms with Crippen LogP contribution in [0.25, 0.3) is 0 Å². The molecule has 2 unspecified atom stereocenters. The molecule has 1 aliphatic rings. The van der Waals surface area contributed by atoms with Crippen molar-refractivity contribution >= 4 is 17.5 Å². The molecule has 2 atom stereocenters. The van der Waals surface area contributed by atoms with E-state index in [9.17, 15) is 4.79 Å². The molecule has 0 aliphatic heterocycles. The second kappa shape index (κ2) is 6.98. The third-order valence-electron chi connectivity index (χ3n) is 3.65. The maximum atomic E-state index is 11.6. The van der Waals surface area contributed by atoms with Gasteiger partial charge in [-0.1, -0.05) is 31.5 Å². The van der Waals surface area contributed by atoms with E-state index in [1.807, 2.05) is 11.8 Å². The Morgan fingerprint density at radius 2 is 2.11 bits per heavy atom. The molecule has 1 aliphatic carbocycles. The lowest BCUT2D eigenvalue weighted by atomic mass is 9.84. The molecule has 1 fully saturated rings. The van der Waals surface area contributed by atoms with Gasteiger partial charge in [-0.2, -0.15) is 0 Å². The number of benzene rings is 1. The van der Waals surface area contributed by atoms with Crippen LogP contribution in [0.3, 0.4) is 0 Å². The van der Waals surface area contributed by atoms with Crippen LogP contribution in [-0.4, -0.2) is 11.0 Å². The van der Waals surface area contributed by atoms with Gasteiger partial charge in [0.2, 0.25) is 0 Å². The highest BCUT2D eigenvalue weighted by molar-refractivity contribution is 8.00. The summed E-state index contributed by atoms with van der Waals surface area (Å²) < 4.78 is 0. The van der Waals surface area contributed by atoms with E-state index in [4.69, 9.17) is 0 Å². The van der Waals surface area contributed by atoms with Crippen LogP contribution < -0.4 is 0 Å². The number of thioether (sulfide) groups is 1. The normalized spacial score (nSPS) is 21.8. The first kappa shape index (κ1) is 13.7. The van der Waals surface area contributed by atoms with Crippen molar-refractivity contribution in [2.45, 2.75) is 55.6 Å². The van der Waals surface area contributed by atoms with Gasteiger partial charge in [0.25, 0.3) is 0 Å². The zero-order chi connectivity index (χ0) is 12.8. The third kappa shape index (κ3) is 3.88. The Labute approximate surface area is 114 Å². The predicted molar refractivity (Wildman–Crippen MR) is 78.0 cm³/mol. The van der Waals surface area contributed by atoms with Crippen molar-refractivity contribution in [3.05, 3.63) is 30.3 Å². The zero-order valence-electron chi connectivity index (χ0n) is 11.1. The summed E-state index contributed by atoms with van der Waals surface area (Å²) in [7, 11) is 0. The van der Waals surface area contributed by atoms with Gasteiger partial charge in [0.05, 0.1) is 0 Å². The van der Waals surface area contributed by atoms with Gasteiger partial charge in [-0.3, -0.25) is 4.79 Å². The summed E-state index contributed by atoms with van der Waals surface area (Å²) in [5, 5.41) is 0.613. The van der Waals surface area contributed by atoms with Crippen LogP contribution in [0.2, 0.25) is 0 Å². The summed E-state index contributed by atoms with van der Waals surface area (Å²) in [5.74, 6) is 1.07. The van der Waals surface area contributed by atoms with Crippen molar-refractivity contribution in [3.8, 4) is 0 Å². The number of rotatable bonds is 5. The van der Waals surface area contributed by atoms with E-state index in [-0.39, 0.29) is 0 Å². The van der Waals surface area contributed by atoms with Crippen LogP contribution >= 0.6 is 11.8 Å². The summed E-state index contributed by atoms with van der Waals surface area (Å²) in [5.41, 5.74) is 0. The molecular weight excluding hydrogens is 240 g/mol.